The molecule has 7 heteroatoms. The lowest BCUT2D eigenvalue weighted by atomic mass is 10.2. The molecule has 30 heavy (non-hydrogen) atoms. The molecule has 3 aromatic rings. The highest BCUT2D eigenvalue weighted by Gasteiger charge is 2.14. The molecule has 0 radical (unpaired) electrons. The summed E-state index contributed by atoms with van der Waals surface area (Å²) in [5, 5.41) is 2.72. The summed E-state index contributed by atoms with van der Waals surface area (Å²) in [4.78, 5) is 24.5. The first-order valence-electron chi connectivity index (χ1n) is 9.11. The molecule has 3 rings (SSSR count). The molecule has 0 aliphatic carbocycles. The molecule has 0 saturated carbocycles. The van der Waals surface area contributed by atoms with Gasteiger partial charge in [0, 0.05) is 5.69 Å². The van der Waals surface area contributed by atoms with Gasteiger partial charge in [-0.3, -0.25) is 4.79 Å². The minimum absolute atomic E-state index is 0.226. The Morgan fingerprint density at radius 3 is 2.20 bits per heavy atom. The van der Waals surface area contributed by atoms with Gasteiger partial charge in [-0.05, 0) is 54.6 Å². The van der Waals surface area contributed by atoms with Crippen molar-refractivity contribution < 1.29 is 28.5 Å². The number of nitrogens with one attached hydrogen (secondary N) is 1. The fourth-order valence-electron chi connectivity index (χ4n) is 2.58. The lowest BCUT2D eigenvalue weighted by Crippen LogP contribution is -2.20. The van der Waals surface area contributed by atoms with Crippen LogP contribution in [0.25, 0.3) is 0 Å². The molecule has 0 bridgehead atoms. The topological polar surface area (TPSA) is 83.1 Å². The van der Waals surface area contributed by atoms with Crippen LogP contribution in [0, 0.1) is 0 Å². The average molecular weight is 407 g/mol. The molecule has 3 aromatic carbocycles. The number of esters is 1. The van der Waals surface area contributed by atoms with Crippen molar-refractivity contribution in [3.63, 3.8) is 0 Å². The highest BCUT2D eigenvalue weighted by molar-refractivity contribution is 5.93. The molecular weight excluding hydrogens is 386 g/mol. The van der Waals surface area contributed by atoms with E-state index >= 15 is 0 Å². The summed E-state index contributed by atoms with van der Waals surface area (Å²) in [6.07, 6.45) is 0. The molecule has 0 unspecified atom stereocenters. The number of amides is 1. The van der Waals surface area contributed by atoms with Crippen LogP contribution in [0.4, 0.5) is 5.69 Å². The first-order valence-corrected chi connectivity index (χ1v) is 9.11. The molecule has 7 nitrogen and oxygen atoms in total. The zero-order valence-corrected chi connectivity index (χ0v) is 16.6. The maximum atomic E-state index is 12.3. The molecule has 0 spiro atoms. The quantitative estimate of drug-likeness (QED) is 0.450. The molecule has 1 N–H and O–H groups in total. The predicted molar refractivity (Wildman–Crippen MR) is 112 cm³/mol. The molecule has 0 aliphatic rings. The summed E-state index contributed by atoms with van der Waals surface area (Å²) >= 11 is 0. The van der Waals surface area contributed by atoms with E-state index in [1.54, 1.807) is 67.8 Å². The fraction of sp³-hybridized carbons (Fsp3) is 0.130. The summed E-state index contributed by atoms with van der Waals surface area (Å²) in [6, 6.07) is 20.3. The van der Waals surface area contributed by atoms with Gasteiger partial charge in [-0.25, -0.2) is 4.79 Å². The number of anilines is 1. The second-order valence-electron chi connectivity index (χ2n) is 6.13. The summed E-state index contributed by atoms with van der Waals surface area (Å²) in [7, 11) is 3.02. The largest absolute Gasteiger partial charge is 0.497 e. The Bertz CT molecular complexity index is 1000. The summed E-state index contributed by atoms with van der Waals surface area (Å²) < 4.78 is 21.2. The minimum Gasteiger partial charge on any atom is -0.497 e. The van der Waals surface area contributed by atoms with Gasteiger partial charge in [-0.15, -0.1) is 0 Å². The SMILES string of the molecule is COc1ccc(NC(=O)COc2ccc(C(=O)Oc3ccccc3)cc2OC)cc1. The van der Waals surface area contributed by atoms with E-state index in [1.165, 1.54) is 13.2 Å². The number of carbonyl (C=O) groups is 2. The van der Waals surface area contributed by atoms with Crippen LogP contribution in [-0.4, -0.2) is 32.7 Å². The van der Waals surface area contributed by atoms with E-state index in [1.807, 2.05) is 6.07 Å². The van der Waals surface area contributed by atoms with Gasteiger partial charge in [-0.2, -0.15) is 0 Å². The van der Waals surface area contributed by atoms with Crippen molar-refractivity contribution in [3.05, 3.63) is 78.4 Å². The molecule has 0 aromatic heterocycles. The van der Waals surface area contributed by atoms with Gasteiger partial charge in [0.2, 0.25) is 0 Å². The zero-order chi connectivity index (χ0) is 21.3. The van der Waals surface area contributed by atoms with Crippen molar-refractivity contribution in [1.82, 2.24) is 0 Å². The standard InChI is InChI=1S/C23H21NO6/c1-27-18-11-9-17(10-12-18)24-22(25)15-29-20-13-8-16(14-21(20)28-2)23(26)30-19-6-4-3-5-7-19/h3-14H,15H2,1-2H3,(H,24,25). The Labute approximate surface area is 174 Å². The number of methoxy groups -OCH3 is 2. The van der Waals surface area contributed by atoms with E-state index in [2.05, 4.69) is 5.32 Å². The van der Waals surface area contributed by atoms with Crippen LogP contribution >= 0.6 is 0 Å². The molecule has 0 heterocycles. The van der Waals surface area contributed by atoms with E-state index in [0.717, 1.165) is 0 Å². The fourth-order valence-corrected chi connectivity index (χ4v) is 2.58. The Hall–Kier alpha value is -4.00. The highest BCUT2D eigenvalue weighted by atomic mass is 16.5. The highest BCUT2D eigenvalue weighted by Crippen LogP contribution is 2.28. The molecule has 0 fully saturated rings. The van der Waals surface area contributed by atoms with E-state index in [9.17, 15) is 9.59 Å². The van der Waals surface area contributed by atoms with Gasteiger partial charge < -0.3 is 24.3 Å². The van der Waals surface area contributed by atoms with Gasteiger partial charge in [-0.1, -0.05) is 18.2 Å². The lowest BCUT2D eigenvalue weighted by molar-refractivity contribution is -0.118. The third kappa shape index (κ3) is 5.51. The van der Waals surface area contributed by atoms with Crippen LogP contribution in [0.5, 0.6) is 23.0 Å². The van der Waals surface area contributed by atoms with E-state index in [-0.39, 0.29) is 12.5 Å². The van der Waals surface area contributed by atoms with Gasteiger partial charge in [0.05, 0.1) is 19.8 Å². The monoisotopic (exact) mass is 407 g/mol. The number of carbonyl (C=O) groups excluding carboxylic acids is 2. The van der Waals surface area contributed by atoms with Gasteiger partial charge in [0.15, 0.2) is 18.1 Å². The molecule has 154 valence electrons. The molecule has 0 aliphatic heterocycles. The predicted octanol–water partition coefficient (Wildman–Crippen LogP) is 3.94. The first-order chi connectivity index (χ1) is 14.6. The van der Waals surface area contributed by atoms with E-state index in [4.69, 9.17) is 18.9 Å². The maximum Gasteiger partial charge on any atom is 0.343 e. The van der Waals surface area contributed by atoms with E-state index < -0.39 is 5.97 Å². The number of hydrogen-bond acceptors (Lipinski definition) is 6. The number of ether oxygens (including phenoxy) is 4. The van der Waals surface area contributed by atoms with Crippen LogP contribution in [-0.2, 0) is 4.79 Å². The zero-order valence-electron chi connectivity index (χ0n) is 16.6. The lowest BCUT2D eigenvalue weighted by Gasteiger charge is -2.12. The number of benzene rings is 3. The van der Waals surface area contributed by atoms with Gasteiger partial charge in [0.25, 0.3) is 5.91 Å². The average Bonchev–Trinajstić information content (AvgIpc) is 2.78. The molecular formula is C23H21NO6. The van der Waals surface area contributed by atoms with Crippen LogP contribution in [0.1, 0.15) is 10.4 Å². The third-order valence-electron chi connectivity index (χ3n) is 4.09. The van der Waals surface area contributed by atoms with Gasteiger partial charge >= 0.3 is 5.97 Å². The smallest absolute Gasteiger partial charge is 0.343 e. The number of hydrogen-bond donors (Lipinski definition) is 1. The van der Waals surface area contributed by atoms with Crippen molar-refractivity contribution in [2.24, 2.45) is 0 Å². The Kier molecular flexibility index (Phi) is 6.89. The van der Waals surface area contributed by atoms with Crippen molar-refractivity contribution in [2.45, 2.75) is 0 Å². The normalized spacial score (nSPS) is 10.1. The Morgan fingerprint density at radius 1 is 0.800 bits per heavy atom. The summed E-state index contributed by atoms with van der Waals surface area (Å²) in [6.45, 7) is -0.226. The van der Waals surface area contributed by atoms with Crippen LogP contribution in [0.3, 0.4) is 0 Å². The van der Waals surface area contributed by atoms with E-state index in [0.29, 0.717) is 34.2 Å². The van der Waals surface area contributed by atoms with Crippen LogP contribution in [0.2, 0.25) is 0 Å². The number of rotatable bonds is 8. The summed E-state index contributed by atoms with van der Waals surface area (Å²) in [5.41, 5.74) is 0.918. The van der Waals surface area contributed by atoms with Crippen LogP contribution in [0.15, 0.2) is 72.8 Å². The second kappa shape index (κ2) is 9.97. The maximum absolute atomic E-state index is 12.3. The van der Waals surface area contributed by atoms with Crippen molar-refractivity contribution in [2.75, 3.05) is 26.1 Å². The minimum atomic E-state index is -0.525. The first kappa shape index (κ1) is 20.7. The Morgan fingerprint density at radius 2 is 1.53 bits per heavy atom. The van der Waals surface area contributed by atoms with Crippen molar-refractivity contribution in [3.8, 4) is 23.0 Å². The van der Waals surface area contributed by atoms with Crippen LogP contribution < -0.4 is 24.3 Å². The third-order valence-corrected chi connectivity index (χ3v) is 4.09. The molecule has 1 amide bonds. The van der Waals surface area contributed by atoms with Gasteiger partial charge in [0.1, 0.15) is 11.5 Å². The molecule has 0 saturated heterocycles. The molecule has 0 atom stereocenters. The van der Waals surface area contributed by atoms with Crippen molar-refractivity contribution in [1.29, 1.82) is 0 Å². The number of para-hydroxylation sites is 1. The Balaban J connectivity index is 1.60. The van der Waals surface area contributed by atoms with Crippen molar-refractivity contribution >= 4 is 17.6 Å². The second-order valence-corrected chi connectivity index (χ2v) is 6.13. The summed E-state index contributed by atoms with van der Waals surface area (Å²) in [5.74, 6) is 0.920.